The van der Waals surface area contributed by atoms with E-state index in [1.807, 2.05) is 0 Å². The Kier molecular flexibility index (Phi) is 4.65. The van der Waals surface area contributed by atoms with E-state index in [9.17, 15) is 13.2 Å². The molecule has 2 fully saturated rings. The molecule has 126 valence electrons. The monoisotopic (exact) mass is 339 g/mol. The number of nitrogens with one attached hydrogen (secondary N) is 1. The predicted molar refractivity (Wildman–Crippen MR) is 83.0 cm³/mol. The van der Waals surface area contributed by atoms with Crippen molar-refractivity contribution in [2.75, 3.05) is 26.7 Å². The number of hydrogen-bond acceptors (Lipinski definition) is 5. The van der Waals surface area contributed by atoms with Crippen molar-refractivity contribution in [1.29, 1.82) is 0 Å². The van der Waals surface area contributed by atoms with Crippen LogP contribution < -0.4 is 5.32 Å². The van der Waals surface area contributed by atoms with E-state index in [-0.39, 0.29) is 28.7 Å². The molecule has 1 aromatic rings. The van der Waals surface area contributed by atoms with Gasteiger partial charge in [0.2, 0.25) is 15.9 Å². The first-order valence-corrected chi connectivity index (χ1v) is 9.19. The van der Waals surface area contributed by atoms with E-state index in [1.165, 1.54) is 10.5 Å². The Bertz CT molecular complexity index is 665. The second kappa shape index (κ2) is 6.54. The molecule has 0 radical (unpaired) electrons. The largest absolute Gasteiger partial charge is 0.377 e. The Hall–Kier alpha value is -1.51. The summed E-state index contributed by atoms with van der Waals surface area (Å²) < 4.78 is 32.7. The Morgan fingerprint density at radius 2 is 2.30 bits per heavy atom. The molecule has 2 aliphatic rings. The summed E-state index contributed by atoms with van der Waals surface area (Å²) >= 11 is 0. The molecule has 2 aliphatic heterocycles. The highest BCUT2D eigenvalue weighted by Gasteiger charge is 2.41. The molecule has 3 heterocycles. The second-order valence-electron chi connectivity index (χ2n) is 6.02. The topological polar surface area (TPSA) is 88.6 Å². The molecule has 0 saturated carbocycles. The lowest BCUT2D eigenvalue weighted by atomic mass is 9.84. The lowest BCUT2D eigenvalue weighted by Crippen LogP contribution is -2.51. The van der Waals surface area contributed by atoms with Crippen LogP contribution in [0.25, 0.3) is 0 Å². The van der Waals surface area contributed by atoms with Crippen molar-refractivity contribution in [2.24, 2.45) is 11.8 Å². The van der Waals surface area contributed by atoms with Crippen LogP contribution in [0.5, 0.6) is 0 Å². The summed E-state index contributed by atoms with van der Waals surface area (Å²) in [5.41, 5.74) is 0. The number of nitrogens with zero attached hydrogens (tertiary/aromatic N) is 2. The lowest BCUT2D eigenvalue weighted by Gasteiger charge is -2.42. The van der Waals surface area contributed by atoms with Crippen molar-refractivity contribution in [2.45, 2.75) is 23.8 Å². The maximum atomic E-state index is 12.7. The van der Waals surface area contributed by atoms with Gasteiger partial charge in [0.15, 0.2) is 0 Å². The number of carbonyl (C=O) groups excluding carboxylic acids is 1. The summed E-state index contributed by atoms with van der Waals surface area (Å²) in [6.07, 6.45) is 4.27. The third-order valence-electron chi connectivity index (χ3n) is 4.62. The fraction of sp³-hybridized carbons (Fsp3) is 0.600. The first kappa shape index (κ1) is 16.4. The SMILES string of the molecule is CNC(=O)[C@H]1CO[C@H]2CCN(S(=O)(=O)c3cccnc3)C[C@H]2C1. The smallest absolute Gasteiger partial charge is 0.244 e. The van der Waals surface area contributed by atoms with Crippen LogP contribution in [0.4, 0.5) is 0 Å². The van der Waals surface area contributed by atoms with Crippen LogP contribution in [-0.2, 0) is 19.6 Å². The molecule has 2 saturated heterocycles. The van der Waals surface area contributed by atoms with Crippen molar-refractivity contribution in [3.8, 4) is 0 Å². The molecule has 8 heteroatoms. The van der Waals surface area contributed by atoms with Crippen molar-refractivity contribution in [3.63, 3.8) is 0 Å². The standard InChI is InChI=1S/C15H21N3O4S/c1-16-15(19)12-7-11-9-18(6-4-14(11)22-10-12)23(20,21)13-3-2-5-17-8-13/h2-3,5,8,11-12,14H,4,6-7,9-10H2,1H3,(H,16,19)/t11-,12-,14+/m1/s1. The third-order valence-corrected chi connectivity index (χ3v) is 6.46. The Morgan fingerprint density at radius 3 is 3.00 bits per heavy atom. The average Bonchev–Trinajstić information content (AvgIpc) is 2.60. The number of pyridine rings is 1. The van der Waals surface area contributed by atoms with Gasteiger partial charge in [-0.1, -0.05) is 0 Å². The molecule has 0 bridgehead atoms. The molecule has 0 spiro atoms. The van der Waals surface area contributed by atoms with Gasteiger partial charge in [-0.2, -0.15) is 4.31 Å². The van der Waals surface area contributed by atoms with Gasteiger partial charge in [0.1, 0.15) is 4.90 Å². The van der Waals surface area contributed by atoms with Gasteiger partial charge in [0.05, 0.1) is 18.6 Å². The van der Waals surface area contributed by atoms with Gasteiger partial charge in [-0.05, 0) is 30.9 Å². The van der Waals surface area contributed by atoms with Gasteiger partial charge < -0.3 is 10.1 Å². The van der Waals surface area contributed by atoms with Gasteiger partial charge in [0.25, 0.3) is 0 Å². The minimum Gasteiger partial charge on any atom is -0.377 e. The van der Waals surface area contributed by atoms with E-state index in [4.69, 9.17) is 4.74 Å². The highest BCUT2D eigenvalue weighted by molar-refractivity contribution is 7.89. The van der Waals surface area contributed by atoms with Crippen LogP contribution in [0, 0.1) is 11.8 Å². The minimum atomic E-state index is -3.54. The van der Waals surface area contributed by atoms with Crippen LogP contribution >= 0.6 is 0 Å². The molecule has 0 unspecified atom stereocenters. The van der Waals surface area contributed by atoms with Gasteiger partial charge in [0, 0.05) is 32.5 Å². The Balaban J connectivity index is 1.74. The first-order chi connectivity index (χ1) is 11.0. The number of piperidine rings is 1. The van der Waals surface area contributed by atoms with E-state index in [1.54, 1.807) is 25.4 Å². The molecule has 1 N–H and O–H groups in total. The quantitative estimate of drug-likeness (QED) is 0.852. The van der Waals surface area contributed by atoms with E-state index in [0.29, 0.717) is 32.5 Å². The Morgan fingerprint density at radius 1 is 1.48 bits per heavy atom. The lowest BCUT2D eigenvalue weighted by molar-refractivity contribution is -0.136. The van der Waals surface area contributed by atoms with Crippen molar-refractivity contribution in [3.05, 3.63) is 24.5 Å². The van der Waals surface area contributed by atoms with E-state index in [0.717, 1.165) is 0 Å². The van der Waals surface area contributed by atoms with Gasteiger partial charge >= 0.3 is 0 Å². The second-order valence-corrected chi connectivity index (χ2v) is 7.96. The molecule has 1 amide bonds. The first-order valence-electron chi connectivity index (χ1n) is 7.75. The fourth-order valence-electron chi connectivity index (χ4n) is 3.35. The van der Waals surface area contributed by atoms with E-state index in [2.05, 4.69) is 10.3 Å². The van der Waals surface area contributed by atoms with Crippen LogP contribution in [0.15, 0.2) is 29.4 Å². The molecule has 23 heavy (non-hydrogen) atoms. The minimum absolute atomic E-state index is 0.0382. The zero-order chi connectivity index (χ0) is 16.4. The number of carbonyl (C=O) groups is 1. The van der Waals surface area contributed by atoms with Crippen molar-refractivity contribution < 1.29 is 17.9 Å². The molecule has 3 atom stereocenters. The number of ether oxygens (including phenoxy) is 1. The van der Waals surface area contributed by atoms with Crippen molar-refractivity contribution in [1.82, 2.24) is 14.6 Å². The highest BCUT2D eigenvalue weighted by Crippen LogP contribution is 2.33. The molecule has 0 aliphatic carbocycles. The van der Waals surface area contributed by atoms with Gasteiger partial charge in [-0.3, -0.25) is 9.78 Å². The zero-order valence-corrected chi connectivity index (χ0v) is 13.8. The molecule has 7 nitrogen and oxygen atoms in total. The van der Waals surface area contributed by atoms with Crippen LogP contribution in [0.2, 0.25) is 0 Å². The fourth-order valence-corrected chi connectivity index (χ4v) is 4.83. The van der Waals surface area contributed by atoms with Gasteiger partial charge in [-0.15, -0.1) is 0 Å². The van der Waals surface area contributed by atoms with E-state index < -0.39 is 10.0 Å². The maximum absolute atomic E-state index is 12.7. The van der Waals surface area contributed by atoms with Crippen LogP contribution in [0.3, 0.4) is 0 Å². The summed E-state index contributed by atoms with van der Waals surface area (Å²) in [4.78, 5) is 15.9. The predicted octanol–water partition coefficient (Wildman–Crippen LogP) is 0.243. The van der Waals surface area contributed by atoms with E-state index >= 15 is 0 Å². The number of sulfonamides is 1. The summed E-state index contributed by atoms with van der Waals surface area (Å²) in [6.45, 7) is 1.23. The summed E-state index contributed by atoms with van der Waals surface area (Å²) in [5, 5.41) is 2.64. The molecular formula is C15H21N3O4S. The summed E-state index contributed by atoms with van der Waals surface area (Å²) in [6, 6.07) is 3.17. The van der Waals surface area contributed by atoms with Crippen molar-refractivity contribution >= 4 is 15.9 Å². The summed E-state index contributed by atoms with van der Waals surface area (Å²) in [5.74, 6) is -0.204. The molecular weight excluding hydrogens is 318 g/mol. The van der Waals surface area contributed by atoms with Crippen LogP contribution in [-0.4, -0.2) is 56.5 Å². The number of amides is 1. The summed E-state index contributed by atoms with van der Waals surface area (Å²) in [7, 11) is -1.94. The normalized spacial score (nSPS) is 28.8. The number of fused-ring (bicyclic) bond motifs is 1. The average molecular weight is 339 g/mol. The number of rotatable bonds is 3. The molecule has 3 rings (SSSR count). The number of aromatic nitrogens is 1. The highest BCUT2D eigenvalue weighted by atomic mass is 32.2. The van der Waals surface area contributed by atoms with Crippen LogP contribution in [0.1, 0.15) is 12.8 Å². The molecule has 0 aromatic carbocycles. The Labute approximate surface area is 136 Å². The number of hydrogen-bond donors (Lipinski definition) is 1. The maximum Gasteiger partial charge on any atom is 0.244 e. The molecule has 1 aromatic heterocycles. The van der Waals surface area contributed by atoms with Gasteiger partial charge in [-0.25, -0.2) is 8.42 Å². The third kappa shape index (κ3) is 3.24. The zero-order valence-electron chi connectivity index (χ0n) is 13.0.